The van der Waals surface area contributed by atoms with E-state index in [1.54, 1.807) is 6.20 Å². The van der Waals surface area contributed by atoms with Crippen molar-refractivity contribution in [3.8, 4) is 0 Å². The highest BCUT2D eigenvalue weighted by atomic mass is 16.5. The molecule has 0 fully saturated rings. The standard InChI is InChI=1S/C9H9NO/c1-7-2-4-8-6-10-11-9(8)5-3-7/h2-7H,1H3. The zero-order valence-electron chi connectivity index (χ0n) is 6.32. The lowest BCUT2D eigenvalue weighted by Gasteiger charge is -1.90. The molecule has 0 bridgehead atoms. The van der Waals surface area contributed by atoms with Crippen LogP contribution in [0.1, 0.15) is 18.2 Å². The predicted molar refractivity (Wildman–Crippen MR) is 43.7 cm³/mol. The Hall–Kier alpha value is -1.31. The van der Waals surface area contributed by atoms with E-state index in [1.807, 2.05) is 12.2 Å². The summed E-state index contributed by atoms with van der Waals surface area (Å²) in [6.07, 6.45) is 9.95. The first kappa shape index (κ1) is 6.40. The Bertz CT molecular complexity index is 281. The number of rotatable bonds is 0. The van der Waals surface area contributed by atoms with E-state index in [0.717, 1.165) is 11.3 Å². The van der Waals surface area contributed by atoms with Gasteiger partial charge in [-0.15, -0.1) is 0 Å². The molecule has 2 rings (SSSR count). The van der Waals surface area contributed by atoms with Crippen LogP contribution in [0.5, 0.6) is 0 Å². The molecule has 2 nitrogen and oxygen atoms in total. The Morgan fingerprint density at radius 2 is 2.18 bits per heavy atom. The van der Waals surface area contributed by atoms with Crippen molar-refractivity contribution >= 4 is 12.2 Å². The van der Waals surface area contributed by atoms with Gasteiger partial charge in [-0.25, -0.2) is 0 Å². The van der Waals surface area contributed by atoms with Crippen LogP contribution in [-0.4, -0.2) is 5.16 Å². The Morgan fingerprint density at radius 3 is 3.09 bits per heavy atom. The predicted octanol–water partition coefficient (Wildman–Crippen LogP) is 2.35. The average molecular weight is 147 g/mol. The maximum Gasteiger partial charge on any atom is 0.166 e. The van der Waals surface area contributed by atoms with E-state index in [2.05, 4.69) is 24.2 Å². The summed E-state index contributed by atoms with van der Waals surface area (Å²) in [5.41, 5.74) is 1.06. The van der Waals surface area contributed by atoms with Crippen LogP contribution < -0.4 is 0 Å². The van der Waals surface area contributed by atoms with E-state index in [9.17, 15) is 0 Å². The minimum absolute atomic E-state index is 0.484. The fourth-order valence-electron chi connectivity index (χ4n) is 1.07. The van der Waals surface area contributed by atoms with E-state index >= 15 is 0 Å². The Balaban J connectivity index is 2.48. The Kier molecular flexibility index (Phi) is 1.39. The van der Waals surface area contributed by atoms with Gasteiger partial charge >= 0.3 is 0 Å². The van der Waals surface area contributed by atoms with Crippen molar-refractivity contribution in [2.75, 3.05) is 0 Å². The summed E-state index contributed by atoms with van der Waals surface area (Å²) in [7, 11) is 0. The molecule has 1 aliphatic rings. The summed E-state index contributed by atoms with van der Waals surface area (Å²) < 4.78 is 5.00. The number of nitrogens with zero attached hydrogens (tertiary/aromatic N) is 1. The normalized spacial score (nSPS) is 21.4. The number of allylic oxidation sites excluding steroid dienone is 2. The first-order valence-electron chi connectivity index (χ1n) is 3.67. The second kappa shape index (κ2) is 2.38. The van der Waals surface area contributed by atoms with Gasteiger partial charge in [-0.3, -0.25) is 0 Å². The molecule has 56 valence electrons. The summed E-state index contributed by atoms with van der Waals surface area (Å²) >= 11 is 0. The molecule has 11 heavy (non-hydrogen) atoms. The van der Waals surface area contributed by atoms with Gasteiger partial charge in [0.15, 0.2) is 5.76 Å². The molecule has 1 unspecified atom stereocenters. The molecule has 0 aliphatic heterocycles. The quantitative estimate of drug-likeness (QED) is 0.563. The van der Waals surface area contributed by atoms with E-state index in [0.29, 0.717) is 5.92 Å². The van der Waals surface area contributed by atoms with Crippen molar-refractivity contribution in [2.45, 2.75) is 6.92 Å². The lowest BCUT2D eigenvalue weighted by molar-refractivity contribution is 0.412. The van der Waals surface area contributed by atoms with Crippen LogP contribution in [0.25, 0.3) is 12.2 Å². The van der Waals surface area contributed by atoms with Gasteiger partial charge in [0, 0.05) is 5.56 Å². The van der Waals surface area contributed by atoms with Crippen molar-refractivity contribution in [3.05, 3.63) is 29.7 Å². The molecule has 0 N–H and O–H groups in total. The Morgan fingerprint density at radius 1 is 1.36 bits per heavy atom. The highest BCUT2D eigenvalue weighted by molar-refractivity contribution is 5.63. The monoisotopic (exact) mass is 147 g/mol. The molecule has 1 aliphatic carbocycles. The summed E-state index contributed by atoms with van der Waals surface area (Å²) in [5.74, 6) is 1.34. The minimum Gasteiger partial charge on any atom is -0.356 e. The van der Waals surface area contributed by atoms with Crippen LogP contribution in [0, 0.1) is 5.92 Å². The van der Waals surface area contributed by atoms with Crippen molar-refractivity contribution in [1.82, 2.24) is 5.16 Å². The minimum atomic E-state index is 0.484. The van der Waals surface area contributed by atoms with Gasteiger partial charge in [0.2, 0.25) is 0 Å². The lowest BCUT2D eigenvalue weighted by atomic mass is 10.2. The number of fused-ring (bicyclic) bond motifs is 1. The zero-order chi connectivity index (χ0) is 7.68. The molecule has 0 aromatic carbocycles. The third-order valence-corrected chi connectivity index (χ3v) is 1.76. The van der Waals surface area contributed by atoms with E-state index in [1.165, 1.54) is 0 Å². The highest BCUT2D eigenvalue weighted by Crippen LogP contribution is 2.18. The molecule has 2 heteroatoms. The molecule has 0 saturated carbocycles. The summed E-state index contributed by atoms with van der Waals surface area (Å²) in [4.78, 5) is 0. The first-order chi connectivity index (χ1) is 5.36. The fraction of sp³-hybridized carbons (Fsp3) is 0.222. The van der Waals surface area contributed by atoms with Crippen molar-refractivity contribution in [2.24, 2.45) is 5.92 Å². The van der Waals surface area contributed by atoms with Gasteiger partial charge in [-0.1, -0.05) is 30.3 Å². The maximum absolute atomic E-state index is 5.00. The third-order valence-electron chi connectivity index (χ3n) is 1.76. The van der Waals surface area contributed by atoms with Gasteiger partial charge in [0.1, 0.15) is 0 Å². The SMILES string of the molecule is CC1C=Cc2cnoc2C=C1. The lowest BCUT2D eigenvalue weighted by Crippen LogP contribution is -1.77. The van der Waals surface area contributed by atoms with Crippen molar-refractivity contribution in [1.29, 1.82) is 0 Å². The summed E-state index contributed by atoms with van der Waals surface area (Å²) in [6, 6.07) is 0. The van der Waals surface area contributed by atoms with Gasteiger partial charge in [-0.2, -0.15) is 0 Å². The summed E-state index contributed by atoms with van der Waals surface area (Å²) in [5, 5.41) is 3.69. The topological polar surface area (TPSA) is 26.0 Å². The average Bonchev–Trinajstić information content (AvgIpc) is 2.38. The molecule has 1 atom stereocenters. The largest absolute Gasteiger partial charge is 0.356 e. The van der Waals surface area contributed by atoms with Crippen LogP contribution in [0.15, 0.2) is 22.9 Å². The van der Waals surface area contributed by atoms with Gasteiger partial charge < -0.3 is 4.52 Å². The highest BCUT2D eigenvalue weighted by Gasteiger charge is 2.04. The number of aromatic nitrogens is 1. The molecule has 0 radical (unpaired) electrons. The fourth-order valence-corrected chi connectivity index (χ4v) is 1.07. The van der Waals surface area contributed by atoms with E-state index in [4.69, 9.17) is 4.52 Å². The van der Waals surface area contributed by atoms with Crippen LogP contribution in [0.2, 0.25) is 0 Å². The second-order valence-corrected chi connectivity index (χ2v) is 2.72. The second-order valence-electron chi connectivity index (χ2n) is 2.72. The molecule has 0 amide bonds. The molecule has 0 saturated heterocycles. The van der Waals surface area contributed by atoms with Crippen LogP contribution >= 0.6 is 0 Å². The molecule has 1 aromatic heterocycles. The van der Waals surface area contributed by atoms with Crippen LogP contribution in [0.4, 0.5) is 0 Å². The van der Waals surface area contributed by atoms with Gasteiger partial charge in [-0.05, 0) is 12.0 Å². The molecule has 1 aromatic rings. The van der Waals surface area contributed by atoms with Crippen molar-refractivity contribution < 1.29 is 4.52 Å². The molecular weight excluding hydrogens is 138 g/mol. The van der Waals surface area contributed by atoms with E-state index in [-0.39, 0.29) is 0 Å². The van der Waals surface area contributed by atoms with Gasteiger partial charge in [0.05, 0.1) is 6.20 Å². The number of hydrogen-bond donors (Lipinski definition) is 0. The first-order valence-corrected chi connectivity index (χ1v) is 3.67. The zero-order valence-corrected chi connectivity index (χ0v) is 6.32. The van der Waals surface area contributed by atoms with Crippen LogP contribution in [0.3, 0.4) is 0 Å². The number of hydrogen-bond acceptors (Lipinski definition) is 2. The Labute approximate surface area is 65.2 Å². The van der Waals surface area contributed by atoms with Gasteiger partial charge in [0.25, 0.3) is 0 Å². The van der Waals surface area contributed by atoms with Crippen LogP contribution in [-0.2, 0) is 0 Å². The maximum atomic E-state index is 5.00. The van der Waals surface area contributed by atoms with Crippen molar-refractivity contribution in [3.63, 3.8) is 0 Å². The molecule has 1 heterocycles. The third kappa shape index (κ3) is 1.11. The molecule has 0 spiro atoms. The summed E-state index contributed by atoms with van der Waals surface area (Å²) in [6.45, 7) is 2.13. The molecular formula is C9H9NO. The smallest absolute Gasteiger partial charge is 0.166 e. The van der Waals surface area contributed by atoms with E-state index < -0.39 is 0 Å².